The SMILES string of the molecule is CN1C2=CC=CCC2S/C1=C/C=C/C1=[N+](C)c2c(I)cccc2C1(C)C. The Balaban J connectivity index is 1.63. The first kappa shape index (κ1) is 18.1. The first-order valence-electron chi connectivity index (χ1n) is 8.97. The van der Waals surface area contributed by atoms with Crippen molar-refractivity contribution in [3.05, 3.63) is 74.5 Å². The molecule has 1 atom stereocenters. The van der Waals surface area contributed by atoms with E-state index in [1.54, 1.807) is 0 Å². The molecule has 0 saturated carbocycles. The van der Waals surface area contributed by atoms with Crippen LogP contribution in [0.2, 0.25) is 0 Å². The lowest BCUT2D eigenvalue weighted by Crippen LogP contribution is -2.26. The van der Waals surface area contributed by atoms with Crippen molar-refractivity contribution in [2.75, 3.05) is 14.1 Å². The first-order chi connectivity index (χ1) is 12.4. The average Bonchev–Trinajstić information content (AvgIpc) is 3.03. The number of thioether (sulfide) groups is 1. The maximum atomic E-state index is 2.44. The smallest absolute Gasteiger partial charge is 0.223 e. The lowest BCUT2D eigenvalue weighted by molar-refractivity contribution is -0.402. The van der Waals surface area contributed by atoms with E-state index in [1.165, 1.54) is 31.3 Å². The summed E-state index contributed by atoms with van der Waals surface area (Å²) in [6.45, 7) is 4.64. The van der Waals surface area contributed by atoms with Gasteiger partial charge >= 0.3 is 0 Å². The lowest BCUT2D eigenvalue weighted by atomic mass is 9.81. The summed E-state index contributed by atoms with van der Waals surface area (Å²) in [7, 11) is 4.36. The molecule has 1 saturated heterocycles. The normalized spacial score (nSPS) is 25.3. The third-order valence-corrected chi connectivity index (χ3v) is 7.79. The van der Waals surface area contributed by atoms with Crippen LogP contribution in [-0.4, -0.2) is 34.5 Å². The first-order valence-corrected chi connectivity index (χ1v) is 10.9. The summed E-state index contributed by atoms with van der Waals surface area (Å²) >= 11 is 4.41. The molecular formula is C22H24IN2S+. The van der Waals surface area contributed by atoms with Crippen LogP contribution in [0, 0.1) is 3.57 Å². The van der Waals surface area contributed by atoms with Crippen LogP contribution in [0.1, 0.15) is 25.8 Å². The minimum absolute atomic E-state index is 0.0232. The number of hydrogen-bond donors (Lipinski definition) is 0. The van der Waals surface area contributed by atoms with Crippen LogP contribution in [0.4, 0.5) is 5.69 Å². The summed E-state index contributed by atoms with van der Waals surface area (Å²) in [5.74, 6) is 0. The molecule has 0 aromatic heterocycles. The fourth-order valence-corrected chi connectivity index (χ4v) is 6.25. The molecule has 134 valence electrons. The van der Waals surface area contributed by atoms with Crippen molar-refractivity contribution in [3.8, 4) is 0 Å². The van der Waals surface area contributed by atoms with Crippen LogP contribution in [0.5, 0.6) is 0 Å². The third kappa shape index (κ3) is 2.82. The van der Waals surface area contributed by atoms with Gasteiger partial charge in [-0.2, -0.15) is 4.58 Å². The molecular weight excluding hydrogens is 451 g/mol. The molecule has 4 heteroatoms. The Labute approximate surface area is 174 Å². The number of benzene rings is 1. The molecule has 0 radical (unpaired) electrons. The largest absolute Gasteiger partial charge is 0.342 e. The van der Waals surface area contributed by atoms with Crippen LogP contribution < -0.4 is 0 Å². The van der Waals surface area contributed by atoms with Gasteiger partial charge in [0.05, 0.1) is 19.3 Å². The average molecular weight is 475 g/mol. The highest BCUT2D eigenvalue weighted by Gasteiger charge is 2.43. The molecule has 2 heterocycles. The standard InChI is InChI=1S/C22H24IN2S/c1-22(2)15-9-7-10-16(23)21(15)25(4)19(22)13-8-14-20-24(3)17-11-5-6-12-18(17)26-20/h5-11,13-14,18H,12H2,1-4H3/q+1. The Morgan fingerprint density at radius 2 is 2.15 bits per heavy atom. The van der Waals surface area contributed by atoms with E-state index in [9.17, 15) is 0 Å². The van der Waals surface area contributed by atoms with Gasteiger partial charge in [0.2, 0.25) is 5.69 Å². The van der Waals surface area contributed by atoms with E-state index >= 15 is 0 Å². The summed E-state index contributed by atoms with van der Waals surface area (Å²) in [6.07, 6.45) is 14.6. The fraction of sp³-hybridized carbons (Fsp3) is 0.318. The Morgan fingerprint density at radius 3 is 2.88 bits per heavy atom. The van der Waals surface area contributed by atoms with E-state index in [0.29, 0.717) is 5.25 Å². The van der Waals surface area contributed by atoms with Crippen LogP contribution >= 0.6 is 34.4 Å². The van der Waals surface area contributed by atoms with Gasteiger partial charge < -0.3 is 4.90 Å². The number of allylic oxidation sites excluding steroid dienone is 6. The highest BCUT2D eigenvalue weighted by atomic mass is 127. The quantitative estimate of drug-likeness (QED) is 0.407. The molecule has 0 N–H and O–H groups in total. The van der Waals surface area contributed by atoms with Crippen LogP contribution in [0.25, 0.3) is 0 Å². The highest BCUT2D eigenvalue weighted by molar-refractivity contribution is 14.1. The molecule has 1 fully saturated rings. The Morgan fingerprint density at radius 1 is 1.35 bits per heavy atom. The molecule has 1 aromatic carbocycles. The summed E-state index contributed by atoms with van der Waals surface area (Å²) in [4.78, 5) is 2.33. The molecule has 1 unspecified atom stereocenters. The maximum Gasteiger partial charge on any atom is 0.223 e. The number of halogens is 1. The van der Waals surface area contributed by atoms with Crippen molar-refractivity contribution < 1.29 is 4.58 Å². The predicted molar refractivity (Wildman–Crippen MR) is 121 cm³/mol. The van der Waals surface area contributed by atoms with Crippen molar-refractivity contribution in [2.45, 2.75) is 30.9 Å². The van der Waals surface area contributed by atoms with Crippen LogP contribution in [-0.2, 0) is 5.41 Å². The summed E-state index contributed by atoms with van der Waals surface area (Å²) < 4.78 is 3.66. The molecule has 4 rings (SSSR count). The fourth-order valence-electron chi connectivity index (χ4n) is 4.12. The Kier molecular flexibility index (Phi) is 4.68. The third-order valence-electron chi connectivity index (χ3n) is 5.55. The number of para-hydroxylation sites is 1. The molecule has 3 aliphatic rings. The van der Waals surface area contributed by atoms with Crippen molar-refractivity contribution in [1.29, 1.82) is 0 Å². The second kappa shape index (κ2) is 6.71. The van der Waals surface area contributed by atoms with E-state index in [4.69, 9.17) is 0 Å². The molecule has 0 amide bonds. The molecule has 2 aliphatic heterocycles. The molecule has 0 spiro atoms. The zero-order valence-corrected chi connectivity index (χ0v) is 18.6. The van der Waals surface area contributed by atoms with E-state index in [2.05, 4.69) is 115 Å². The number of nitrogens with zero attached hydrogens (tertiary/aromatic N) is 2. The van der Waals surface area contributed by atoms with E-state index in [0.717, 1.165) is 6.42 Å². The number of hydrogen-bond acceptors (Lipinski definition) is 2. The summed E-state index contributed by atoms with van der Waals surface area (Å²) in [6, 6.07) is 6.62. The Bertz CT molecular complexity index is 918. The minimum atomic E-state index is 0.0232. The molecule has 1 aliphatic carbocycles. The van der Waals surface area contributed by atoms with Crippen LogP contribution in [0.3, 0.4) is 0 Å². The number of fused-ring (bicyclic) bond motifs is 2. The topological polar surface area (TPSA) is 6.25 Å². The van der Waals surface area contributed by atoms with Crippen molar-refractivity contribution >= 4 is 45.8 Å². The van der Waals surface area contributed by atoms with Crippen molar-refractivity contribution in [2.24, 2.45) is 0 Å². The molecule has 2 nitrogen and oxygen atoms in total. The lowest BCUT2D eigenvalue weighted by Gasteiger charge is -2.17. The van der Waals surface area contributed by atoms with Gasteiger partial charge in [-0.15, -0.1) is 0 Å². The van der Waals surface area contributed by atoms with Gasteiger partial charge in [0.25, 0.3) is 0 Å². The van der Waals surface area contributed by atoms with E-state index < -0.39 is 0 Å². The zero-order chi connectivity index (χ0) is 18.5. The second-order valence-corrected chi connectivity index (χ2v) is 9.88. The van der Waals surface area contributed by atoms with Gasteiger partial charge in [0.1, 0.15) is 7.05 Å². The summed E-state index contributed by atoms with van der Waals surface area (Å²) in [5, 5.41) is 1.90. The zero-order valence-electron chi connectivity index (χ0n) is 15.7. The van der Waals surface area contributed by atoms with E-state index in [-0.39, 0.29) is 5.41 Å². The minimum Gasteiger partial charge on any atom is -0.342 e. The van der Waals surface area contributed by atoms with Gasteiger partial charge in [-0.05, 0) is 61.1 Å². The monoisotopic (exact) mass is 475 g/mol. The predicted octanol–water partition coefficient (Wildman–Crippen LogP) is 5.59. The van der Waals surface area contributed by atoms with Gasteiger partial charge in [-0.1, -0.05) is 42.1 Å². The molecule has 1 aromatic rings. The van der Waals surface area contributed by atoms with Crippen LogP contribution in [0.15, 0.2) is 65.4 Å². The summed E-state index contributed by atoms with van der Waals surface area (Å²) in [5.41, 5.74) is 5.55. The second-order valence-electron chi connectivity index (χ2n) is 7.49. The Hall–Kier alpha value is -1.27. The van der Waals surface area contributed by atoms with Gasteiger partial charge in [-0.25, -0.2) is 0 Å². The molecule has 26 heavy (non-hydrogen) atoms. The van der Waals surface area contributed by atoms with Gasteiger partial charge in [0, 0.05) is 24.4 Å². The maximum absolute atomic E-state index is 2.44. The van der Waals surface area contributed by atoms with Gasteiger partial charge in [-0.3, -0.25) is 0 Å². The number of rotatable bonds is 2. The highest BCUT2D eigenvalue weighted by Crippen LogP contribution is 2.44. The van der Waals surface area contributed by atoms with Gasteiger partial charge in [0.15, 0.2) is 5.71 Å². The van der Waals surface area contributed by atoms with Crippen molar-refractivity contribution in [3.63, 3.8) is 0 Å². The molecule has 0 bridgehead atoms. The van der Waals surface area contributed by atoms with E-state index in [1.807, 2.05) is 11.8 Å². The van der Waals surface area contributed by atoms with Crippen molar-refractivity contribution in [1.82, 2.24) is 4.90 Å².